The minimum Gasteiger partial charge on any atom is -0.293 e. The highest BCUT2D eigenvalue weighted by molar-refractivity contribution is 5.93. The van der Waals surface area contributed by atoms with Gasteiger partial charge in [0.1, 0.15) is 0 Å². The minimum absolute atomic E-state index is 0.0975. The summed E-state index contributed by atoms with van der Waals surface area (Å²) in [4.78, 5) is 14.7. The Morgan fingerprint density at radius 3 is 2.67 bits per heavy atom. The van der Waals surface area contributed by atoms with Crippen molar-refractivity contribution in [3.05, 3.63) is 66.2 Å². The molecule has 2 aromatic carbocycles. The van der Waals surface area contributed by atoms with Crippen LogP contribution in [-0.2, 0) is 0 Å². The average molecular weight is 321 g/mol. The second kappa shape index (κ2) is 7.68. The molecule has 124 valence electrons. The Morgan fingerprint density at radius 1 is 1.12 bits per heavy atom. The Balaban J connectivity index is 1.78. The molecule has 4 heteroatoms. The fraction of sp³-hybridized carbons (Fsp3) is 0.250. The fourth-order valence-electron chi connectivity index (χ4n) is 2.81. The van der Waals surface area contributed by atoms with E-state index < -0.39 is 0 Å². The molecular formula is C20H23N3O. The lowest BCUT2D eigenvalue weighted by molar-refractivity contribution is 0.245. The maximum atomic E-state index is 12.9. The van der Waals surface area contributed by atoms with E-state index in [1.54, 1.807) is 0 Å². The van der Waals surface area contributed by atoms with Crippen LogP contribution >= 0.6 is 0 Å². The minimum atomic E-state index is -0.0975. The second-order valence-electron chi connectivity index (χ2n) is 5.83. The van der Waals surface area contributed by atoms with E-state index in [4.69, 9.17) is 0 Å². The molecule has 0 saturated carbocycles. The maximum absolute atomic E-state index is 12.9. The van der Waals surface area contributed by atoms with Gasteiger partial charge in [-0.25, -0.2) is 10.2 Å². The first kappa shape index (κ1) is 16.1. The molecular weight excluding hydrogens is 298 g/mol. The summed E-state index contributed by atoms with van der Waals surface area (Å²) in [5.74, 6) is 0. The Morgan fingerprint density at radius 2 is 1.88 bits per heavy atom. The lowest BCUT2D eigenvalue weighted by atomic mass is 10.1. The number of para-hydroxylation sites is 2. The van der Waals surface area contributed by atoms with Crippen molar-refractivity contribution in [3.8, 4) is 0 Å². The van der Waals surface area contributed by atoms with E-state index >= 15 is 0 Å². The molecule has 0 spiro atoms. The quantitative estimate of drug-likeness (QED) is 0.883. The number of benzene rings is 2. The summed E-state index contributed by atoms with van der Waals surface area (Å²) in [5.41, 5.74) is 6.11. The first-order valence-electron chi connectivity index (χ1n) is 8.46. The predicted octanol–water partition coefficient (Wildman–Crippen LogP) is 4.45. The van der Waals surface area contributed by atoms with Gasteiger partial charge in [0.05, 0.1) is 12.2 Å². The number of unbranched alkanes of at least 4 members (excludes halogenated alkanes) is 1. The average Bonchev–Trinajstić information content (AvgIpc) is 2.63. The zero-order valence-electron chi connectivity index (χ0n) is 14.0. The van der Waals surface area contributed by atoms with Gasteiger partial charge in [0, 0.05) is 12.2 Å². The van der Waals surface area contributed by atoms with E-state index in [9.17, 15) is 4.79 Å². The summed E-state index contributed by atoms with van der Waals surface area (Å²) in [7, 11) is 0. The lowest BCUT2D eigenvalue weighted by Crippen LogP contribution is -2.50. The van der Waals surface area contributed by atoms with Crippen molar-refractivity contribution in [2.75, 3.05) is 23.0 Å². The molecule has 0 radical (unpaired) electrons. The number of hydrogen-bond acceptors (Lipinski definition) is 2. The topological polar surface area (TPSA) is 35.6 Å². The van der Waals surface area contributed by atoms with Crippen molar-refractivity contribution >= 4 is 23.5 Å². The summed E-state index contributed by atoms with van der Waals surface area (Å²) in [6, 6.07) is 17.8. The summed E-state index contributed by atoms with van der Waals surface area (Å²) < 4.78 is 0. The highest BCUT2D eigenvalue weighted by Gasteiger charge is 2.20. The van der Waals surface area contributed by atoms with Crippen molar-refractivity contribution in [1.82, 2.24) is 5.43 Å². The Labute approximate surface area is 143 Å². The van der Waals surface area contributed by atoms with Gasteiger partial charge in [0.15, 0.2) is 0 Å². The molecule has 0 fully saturated rings. The van der Waals surface area contributed by atoms with Gasteiger partial charge in [-0.3, -0.25) is 9.91 Å². The largest absolute Gasteiger partial charge is 0.340 e. The van der Waals surface area contributed by atoms with Crippen molar-refractivity contribution in [2.45, 2.75) is 19.8 Å². The highest BCUT2D eigenvalue weighted by atomic mass is 16.2. The van der Waals surface area contributed by atoms with Crippen LogP contribution in [0, 0.1) is 0 Å². The SMILES string of the molecule is CCCCN(C(=O)NN1CC=Cc2ccccc21)c1ccccc1. The fourth-order valence-corrected chi connectivity index (χ4v) is 2.81. The molecule has 3 rings (SSSR count). The summed E-state index contributed by atoms with van der Waals surface area (Å²) >= 11 is 0. The number of hydrogen-bond donors (Lipinski definition) is 1. The summed E-state index contributed by atoms with van der Waals surface area (Å²) in [6.45, 7) is 3.50. The number of urea groups is 1. The molecule has 0 aliphatic carbocycles. The number of anilines is 2. The van der Waals surface area contributed by atoms with E-state index in [0.717, 1.165) is 29.8 Å². The van der Waals surface area contributed by atoms with Crippen LogP contribution < -0.4 is 15.3 Å². The third kappa shape index (κ3) is 3.59. The van der Waals surface area contributed by atoms with Crippen molar-refractivity contribution in [2.24, 2.45) is 0 Å². The van der Waals surface area contributed by atoms with Crippen molar-refractivity contribution in [3.63, 3.8) is 0 Å². The standard InChI is InChI=1S/C20H23N3O/c1-2-3-15-22(18-12-5-4-6-13-18)20(24)21-23-16-9-11-17-10-7-8-14-19(17)23/h4-14H,2-3,15-16H2,1H3,(H,21,24). The molecule has 1 N–H and O–H groups in total. The van der Waals surface area contributed by atoms with Crippen LogP contribution in [0.25, 0.3) is 6.08 Å². The van der Waals surface area contributed by atoms with Crippen molar-refractivity contribution in [1.29, 1.82) is 0 Å². The van der Waals surface area contributed by atoms with Gasteiger partial charge >= 0.3 is 6.03 Å². The summed E-state index contributed by atoms with van der Waals surface area (Å²) in [5, 5.41) is 1.90. The van der Waals surface area contributed by atoms with Crippen molar-refractivity contribution < 1.29 is 4.79 Å². The van der Waals surface area contributed by atoms with Crippen LogP contribution in [0.15, 0.2) is 60.7 Å². The van der Waals surface area contributed by atoms with Gasteiger partial charge in [-0.15, -0.1) is 0 Å². The molecule has 0 aromatic heterocycles. The monoisotopic (exact) mass is 321 g/mol. The second-order valence-corrected chi connectivity index (χ2v) is 5.83. The van der Waals surface area contributed by atoms with Crippen LogP contribution in [0.1, 0.15) is 25.3 Å². The number of nitrogens with zero attached hydrogens (tertiary/aromatic N) is 2. The molecule has 1 aliphatic heterocycles. The number of fused-ring (bicyclic) bond motifs is 1. The van der Waals surface area contributed by atoms with E-state index in [-0.39, 0.29) is 6.03 Å². The molecule has 2 amide bonds. The number of carbonyl (C=O) groups is 1. The molecule has 1 heterocycles. The Bertz CT molecular complexity index is 712. The normalized spacial score (nSPS) is 12.6. The van der Waals surface area contributed by atoms with Crippen LogP contribution in [0.4, 0.5) is 16.2 Å². The van der Waals surface area contributed by atoms with Gasteiger partial charge in [0.25, 0.3) is 0 Å². The van der Waals surface area contributed by atoms with Gasteiger partial charge in [0.2, 0.25) is 0 Å². The number of amides is 2. The van der Waals surface area contributed by atoms with E-state index in [1.165, 1.54) is 0 Å². The predicted molar refractivity (Wildman–Crippen MR) is 100 cm³/mol. The zero-order chi connectivity index (χ0) is 16.8. The number of nitrogens with one attached hydrogen (secondary N) is 1. The Hall–Kier alpha value is -2.75. The van der Waals surface area contributed by atoms with Gasteiger partial charge in [-0.2, -0.15) is 0 Å². The Kier molecular flexibility index (Phi) is 5.16. The number of hydrazine groups is 1. The van der Waals surface area contributed by atoms with Gasteiger partial charge in [-0.1, -0.05) is 61.9 Å². The van der Waals surface area contributed by atoms with Crippen LogP contribution in [0.2, 0.25) is 0 Å². The first-order chi connectivity index (χ1) is 11.8. The zero-order valence-corrected chi connectivity index (χ0v) is 14.0. The van der Waals surface area contributed by atoms with E-state index in [2.05, 4.69) is 30.6 Å². The first-order valence-corrected chi connectivity index (χ1v) is 8.46. The number of carbonyl (C=O) groups excluding carboxylic acids is 1. The molecule has 0 atom stereocenters. The molecule has 0 unspecified atom stereocenters. The van der Waals surface area contributed by atoms with Crippen LogP contribution in [0.3, 0.4) is 0 Å². The smallest absolute Gasteiger partial charge is 0.293 e. The molecule has 1 aliphatic rings. The van der Waals surface area contributed by atoms with E-state index in [1.807, 2.05) is 58.4 Å². The molecule has 0 bridgehead atoms. The third-order valence-electron chi connectivity index (χ3n) is 4.09. The molecule has 0 saturated heterocycles. The third-order valence-corrected chi connectivity index (χ3v) is 4.09. The summed E-state index contributed by atoms with van der Waals surface area (Å²) in [6.07, 6.45) is 6.16. The van der Waals surface area contributed by atoms with Gasteiger partial charge in [-0.05, 0) is 30.2 Å². The number of rotatable bonds is 5. The maximum Gasteiger partial charge on any atom is 0.340 e. The molecule has 4 nitrogen and oxygen atoms in total. The van der Waals surface area contributed by atoms with Gasteiger partial charge < -0.3 is 0 Å². The van der Waals surface area contributed by atoms with Crippen LogP contribution in [0.5, 0.6) is 0 Å². The molecule has 2 aromatic rings. The van der Waals surface area contributed by atoms with E-state index in [0.29, 0.717) is 13.1 Å². The molecule has 24 heavy (non-hydrogen) atoms. The highest BCUT2D eigenvalue weighted by Crippen LogP contribution is 2.24. The lowest BCUT2D eigenvalue weighted by Gasteiger charge is -2.31. The van der Waals surface area contributed by atoms with Crippen LogP contribution in [-0.4, -0.2) is 19.1 Å².